The summed E-state index contributed by atoms with van der Waals surface area (Å²) in [5, 5.41) is 15.0. The number of nitrogens with zero attached hydrogens (tertiary/aromatic N) is 2. The molecule has 1 aliphatic rings. The highest BCUT2D eigenvalue weighted by Gasteiger charge is 2.38. The van der Waals surface area contributed by atoms with E-state index < -0.39 is 44.6 Å². The average molecular weight is 662 g/mol. The fraction of sp³-hybridized carbons (Fsp3) is 0.312. The topological polar surface area (TPSA) is 171 Å². The van der Waals surface area contributed by atoms with E-state index in [4.69, 9.17) is 12.7 Å². The average Bonchev–Trinajstić information content (AvgIpc) is 3.84. The molecule has 1 aromatic heterocycles. The number of aromatic amines is 1. The van der Waals surface area contributed by atoms with Gasteiger partial charge in [-0.25, -0.2) is 27.4 Å². The van der Waals surface area contributed by atoms with Gasteiger partial charge in [0.1, 0.15) is 5.82 Å². The van der Waals surface area contributed by atoms with Gasteiger partial charge in [-0.15, -0.1) is 0 Å². The Kier molecular flexibility index (Phi) is 9.68. The molecule has 5 rings (SSSR count). The number of aliphatic carboxylic acids is 1. The summed E-state index contributed by atoms with van der Waals surface area (Å²) in [5.41, 5.74) is 2.98. The minimum Gasteiger partial charge on any atom is -0.479 e. The molecule has 0 saturated heterocycles. The van der Waals surface area contributed by atoms with E-state index >= 15 is 0 Å². The summed E-state index contributed by atoms with van der Waals surface area (Å²) in [4.78, 5) is 44.9. The van der Waals surface area contributed by atoms with Crippen LogP contribution in [0.15, 0.2) is 58.5 Å². The van der Waals surface area contributed by atoms with Gasteiger partial charge in [0.25, 0.3) is 5.56 Å². The maximum Gasteiger partial charge on any atom is 0.411 e. The molecule has 15 heteroatoms. The summed E-state index contributed by atoms with van der Waals surface area (Å²) in [7, 11) is 3.93. The summed E-state index contributed by atoms with van der Waals surface area (Å²) < 4.78 is 46.0. The molecular weight excluding hydrogens is 628 g/mol. The molecule has 4 aromatic rings. The van der Waals surface area contributed by atoms with Crippen molar-refractivity contribution >= 4 is 52.2 Å². The third-order valence-corrected chi connectivity index (χ3v) is 10.3. The molecule has 244 valence electrons. The number of anilines is 2. The smallest absolute Gasteiger partial charge is 0.411 e. The predicted molar refractivity (Wildman–Crippen MR) is 175 cm³/mol. The van der Waals surface area contributed by atoms with Gasteiger partial charge < -0.3 is 25.0 Å². The van der Waals surface area contributed by atoms with Gasteiger partial charge in [-0.1, -0.05) is 12.1 Å². The lowest BCUT2D eigenvalue weighted by molar-refractivity contribution is -0.138. The van der Waals surface area contributed by atoms with Crippen molar-refractivity contribution in [3.05, 3.63) is 92.8 Å². The Hall–Kier alpha value is -4.76. The van der Waals surface area contributed by atoms with Crippen molar-refractivity contribution in [1.29, 1.82) is 0 Å². The number of H-pyrrole nitrogens is 1. The molecular formula is C32H33BFN5O7S. The van der Waals surface area contributed by atoms with Gasteiger partial charge >= 0.3 is 12.1 Å². The van der Waals surface area contributed by atoms with Crippen LogP contribution in [0.2, 0.25) is 0 Å². The SMILES string of the molecule is [B]N(C)Cc1cc(NC(=O)OCCc2c(C)cc(C(Nc3cc4c(=O)[nH]cnc4cc3F)C(=O)O)cc2C)ccc1S(=O)(=O)C1CC1. The van der Waals surface area contributed by atoms with E-state index in [1.165, 1.54) is 23.0 Å². The second kappa shape index (κ2) is 13.5. The van der Waals surface area contributed by atoms with Gasteiger partial charge in [-0.3, -0.25) is 10.1 Å². The van der Waals surface area contributed by atoms with Crippen LogP contribution >= 0.6 is 0 Å². The van der Waals surface area contributed by atoms with E-state index in [-0.39, 0.29) is 34.6 Å². The van der Waals surface area contributed by atoms with Crippen LogP contribution in [0.25, 0.3) is 10.9 Å². The number of rotatable bonds is 12. The van der Waals surface area contributed by atoms with Crippen LogP contribution in [-0.4, -0.2) is 67.3 Å². The summed E-state index contributed by atoms with van der Waals surface area (Å²) >= 11 is 0. The van der Waals surface area contributed by atoms with Crippen LogP contribution < -0.4 is 16.2 Å². The van der Waals surface area contributed by atoms with Crippen LogP contribution in [0.5, 0.6) is 0 Å². The third kappa shape index (κ3) is 7.63. The Bertz CT molecular complexity index is 2010. The van der Waals surface area contributed by atoms with Crippen molar-refractivity contribution in [2.75, 3.05) is 24.3 Å². The van der Waals surface area contributed by atoms with Crippen molar-refractivity contribution in [1.82, 2.24) is 14.8 Å². The number of carboxylic acids is 1. The molecule has 1 amide bonds. The highest BCUT2D eigenvalue weighted by atomic mass is 32.2. The molecule has 1 saturated carbocycles. The van der Waals surface area contributed by atoms with Crippen LogP contribution in [0, 0.1) is 19.7 Å². The monoisotopic (exact) mass is 661 g/mol. The molecule has 0 aliphatic heterocycles. The maximum atomic E-state index is 14.8. The summed E-state index contributed by atoms with van der Waals surface area (Å²) in [6.07, 6.45) is 2.00. The number of carboxylic acid groups (broad SMARTS) is 1. The summed E-state index contributed by atoms with van der Waals surface area (Å²) in [5.74, 6) is -2.01. The molecule has 1 heterocycles. The number of nitrogens with one attached hydrogen (secondary N) is 3. The molecule has 1 fully saturated rings. The van der Waals surface area contributed by atoms with Crippen LogP contribution in [0.3, 0.4) is 0 Å². The van der Waals surface area contributed by atoms with E-state index in [0.717, 1.165) is 29.1 Å². The first-order chi connectivity index (χ1) is 22.2. The zero-order chi connectivity index (χ0) is 34.0. The predicted octanol–water partition coefficient (Wildman–Crippen LogP) is 4.16. The van der Waals surface area contributed by atoms with Crippen LogP contribution in [0.4, 0.5) is 20.6 Å². The van der Waals surface area contributed by atoms with E-state index in [1.807, 2.05) is 0 Å². The van der Waals surface area contributed by atoms with Crippen molar-refractivity contribution in [2.45, 2.75) is 55.8 Å². The van der Waals surface area contributed by atoms with Gasteiger partial charge in [0.15, 0.2) is 23.9 Å². The molecule has 1 aliphatic carbocycles. The number of aromatic nitrogens is 2. The van der Waals surface area contributed by atoms with Crippen molar-refractivity contribution in [3.8, 4) is 0 Å². The van der Waals surface area contributed by atoms with Crippen LogP contribution in [0.1, 0.15) is 46.7 Å². The minimum absolute atomic E-state index is 0.00485. The zero-order valence-corrected chi connectivity index (χ0v) is 26.8. The largest absolute Gasteiger partial charge is 0.479 e. The Morgan fingerprint density at radius 1 is 1.17 bits per heavy atom. The Morgan fingerprint density at radius 3 is 2.51 bits per heavy atom. The fourth-order valence-corrected chi connectivity index (χ4v) is 7.38. The molecule has 3 aromatic carbocycles. The first kappa shape index (κ1) is 33.6. The second-order valence-corrected chi connectivity index (χ2v) is 13.8. The zero-order valence-electron chi connectivity index (χ0n) is 26.0. The van der Waals surface area contributed by atoms with Crippen molar-refractivity contribution in [2.24, 2.45) is 0 Å². The molecule has 47 heavy (non-hydrogen) atoms. The van der Waals surface area contributed by atoms with Gasteiger partial charge in [0.05, 0.1) is 39.7 Å². The molecule has 0 bridgehead atoms. The summed E-state index contributed by atoms with van der Waals surface area (Å²) in [6.45, 7) is 3.75. The summed E-state index contributed by atoms with van der Waals surface area (Å²) in [6, 6.07) is 8.83. The van der Waals surface area contributed by atoms with Gasteiger partial charge in [-0.05, 0) is 85.8 Å². The molecule has 2 radical (unpaired) electrons. The number of carbonyl (C=O) groups excluding carboxylic acids is 1. The number of aryl methyl sites for hydroxylation is 2. The Balaban J connectivity index is 1.25. The number of amides is 1. The van der Waals surface area contributed by atoms with E-state index in [9.17, 15) is 32.3 Å². The van der Waals surface area contributed by atoms with Gasteiger partial charge in [-0.2, -0.15) is 0 Å². The van der Waals surface area contributed by atoms with Crippen molar-refractivity contribution in [3.63, 3.8) is 0 Å². The molecule has 1 unspecified atom stereocenters. The number of benzene rings is 3. The standard InChI is InChI=1S/C32H33BFN5O7S/c1-17-10-19(29(31(41)42)38-27-13-24-26(14-25(27)34)35-16-36-30(24)40)11-18(2)23(17)8-9-46-32(43)37-21-4-7-28(20(12-21)15-39(3)33)47(44,45)22-5-6-22/h4,7,10-14,16,22,29,38H,5-6,8-9,15H2,1-3H3,(H,37,43)(H,41,42)(H,35,36,40). The lowest BCUT2D eigenvalue weighted by Gasteiger charge is -2.20. The third-order valence-electron chi connectivity index (χ3n) is 7.91. The highest BCUT2D eigenvalue weighted by Crippen LogP contribution is 2.36. The number of sulfone groups is 1. The molecule has 12 nitrogen and oxygen atoms in total. The number of ether oxygens (including phenoxy) is 1. The number of halogens is 1. The van der Waals surface area contributed by atoms with E-state index in [0.29, 0.717) is 36.1 Å². The normalized spacial score (nSPS) is 13.8. The molecule has 4 N–H and O–H groups in total. The lowest BCUT2D eigenvalue weighted by Crippen LogP contribution is -2.22. The lowest BCUT2D eigenvalue weighted by atomic mass is 9.94. The van der Waals surface area contributed by atoms with Gasteiger partial charge in [0.2, 0.25) is 0 Å². The number of fused-ring (bicyclic) bond motifs is 1. The fourth-order valence-electron chi connectivity index (χ4n) is 5.52. The van der Waals surface area contributed by atoms with Crippen molar-refractivity contribution < 1.29 is 32.2 Å². The number of carbonyl (C=O) groups is 2. The quantitative estimate of drug-likeness (QED) is 0.162. The molecule has 0 spiro atoms. The van der Waals surface area contributed by atoms with Gasteiger partial charge in [0, 0.05) is 24.7 Å². The Labute approximate surface area is 271 Å². The maximum absolute atomic E-state index is 14.8. The van der Waals surface area contributed by atoms with E-state index in [1.54, 1.807) is 39.1 Å². The Morgan fingerprint density at radius 2 is 1.87 bits per heavy atom. The first-order valence-corrected chi connectivity index (χ1v) is 16.3. The minimum atomic E-state index is -3.48. The first-order valence-electron chi connectivity index (χ1n) is 14.8. The van der Waals surface area contributed by atoms with E-state index in [2.05, 4.69) is 20.6 Å². The van der Waals surface area contributed by atoms with Crippen LogP contribution in [-0.2, 0) is 32.3 Å². The number of hydrogen-bond donors (Lipinski definition) is 4. The molecule has 1 atom stereocenters. The number of hydrogen-bond acceptors (Lipinski definition) is 9. The highest BCUT2D eigenvalue weighted by molar-refractivity contribution is 7.92. The second-order valence-electron chi connectivity index (χ2n) is 11.6.